The highest BCUT2D eigenvalue weighted by molar-refractivity contribution is 5.84. The van der Waals surface area contributed by atoms with Gasteiger partial charge in [-0.15, -0.1) is 0 Å². The summed E-state index contributed by atoms with van der Waals surface area (Å²) in [5.74, 6) is -0.379. The number of aromatic hydroxyl groups is 1. The maximum absolute atomic E-state index is 12.4. The van der Waals surface area contributed by atoms with Crippen LogP contribution in [-0.4, -0.2) is 5.11 Å². The first kappa shape index (κ1) is 14.9. The van der Waals surface area contributed by atoms with Crippen molar-refractivity contribution >= 4 is 11.0 Å². The molecule has 0 saturated heterocycles. The van der Waals surface area contributed by atoms with Gasteiger partial charge in [-0.05, 0) is 36.2 Å². The first-order chi connectivity index (χ1) is 11.2. The SMILES string of the molecule is CCC(c1cccc(C#N)c1)c1c(O)c2ccccc2oc1=O. The van der Waals surface area contributed by atoms with Crippen molar-refractivity contribution in [2.24, 2.45) is 0 Å². The molecule has 0 bridgehead atoms. The Morgan fingerprint density at radius 2 is 2.00 bits per heavy atom. The lowest BCUT2D eigenvalue weighted by Crippen LogP contribution is -2.14. The van der Waals surface area contributed by atoms with Gasteiger partial charge in [-0.1, -0.05) is 31.2 Å². The van der Waals surface area contributed by atoms with E-state index in [2.05, 4.69) is 6.07 Å². The molecule has 1 N–H and O–H groups in total. The third kappa shape index (κ3) is 2.58. The largest absolute Gasteiger partial charge is 0.507 e. The van der Waals surface area contributed by atoms with Crippen LogP contribution in [0.15, 0.2) is 57.7 Å². The van der Waals surface area contributed by atoms with E-state index in [1.807, 2.05) is 13.0 Å². The van der Waals surface area contributed by atoms with E-state index >= 15 is 0 Å². The average Bonchev–Trinajstić information content (AvgIpc) is 2.58. The quantitative estimate of drug-likeness (QED) is 0.744. The van der Waals surface area contributed by atoms with Crippen molar-refractivity contribution < 1.29 is 9.52 Å². The third-order valence-corrected chi connectivity index (χ3v) is 3.99. The molecule has 1 unspecified atom stereocenters. The van der Waals surface area contributed by atoms with Gasteiger partial charge in [0.2, 0.25) is 0 Å². The van der Waals surface area contributed by atoms with Gasteiger partial charge < -0.3 is 9.52 Å². The van der Waals surface area contributed by atoms with Gasteiger partial charge in [0.25, 0.3) is 0 Å². The van der Waals surface area contributed by atoms with Gasteiger partial charge in [0.1, 0.15) is 11.3 Å². The van der Waals surface area contributed by atoms with E-state index in [0.29, 0.717) is 23.0 Å². The van der Waals surface area contributed by atoms with Crippen LogP contribution in [-0.2, 0) is 0 Å². The van der Waals surface area contributed by atoms with Crippen LogP contribution in [0.5, 0.6) is 5.75 Å². The smallest absolute Gasteiger partial charge is 0.343 e. The number of hydrogen-bond acceptors (Lipinski definition) is 4. The minimum absolute atomic E-state index is 0.0499. The Kier molecular flexibility index (Phi) is 3.86. The fraction of sp³-hybridized carbons (Fsp3) is 0.158. The van der Waals surface area contributed by atoms with E-state index in [1.54, 1.807) is 42.5 Å². The molecular weight excluding hydrogens is 290 g/mol. The summed E-state index contributed by atoms with van der Waals surface area (Å²) < 4.78 is 5.35. The molecule has 0 spiro atoms. The second kappa shape index (κ2) is 5.98. The second-order valence-electron chi connectivity index (χ2n) is 5.35. The minimum Gasteiger partial charge on any atom is -0.507 e. The van der Waals surface area contributed by atoms with Crippen LogP contribution in [0.1, 0.15) is 36.0 Å². The second-order valence-corrected chi connectivity index (χ2v) is 5.35. The Bertz CT molecular complexity index is 966. The monoisotopic (exact) mass is 305 g/mol. The van der Waals surface area contributed by atoms with E-state index in [4.69, 9.17) is 9.68 Å². The molecule has 1 aromatic heterocycles. The van der Waals surface area contributed by atoms with Crippen LogP contribution < -0.4 is 5.63 Å². The van der Waals surface area contributed by atoms with Crippen molar-refractivity contribution in [3.05, 3.63) is 75.6 Å². The molecule has 2 aromatic carbocycles. The van der Waals surface area contributed by atoms with Crippen LogP contribution >= 0.6 is 0 Å². The maximum atomic E-state index is 12.4. The molecule has 4 nitrogen and oxygen atoms in total. The van der Waals surface area contributed by atoms with Gasteiger partial charge in [-0.2, -0.15) is 5.26 Å². The van der Waals surface area contributed by atoms with Crippen molar-refractivity contribution in [2.45, 2.75) is 19.3 Å². The summed E-state index contributed by atoms with van der Waals surface area (Å²) in [7, 11) is 0. The average molecular weight is 305 g/mol. The van der Waals surface area contributed by atoms with Crippen LogP contribution in [0, 0.1) is 11.3 Å². The van der Waals surface area contributed by atoms with Gasteiger partial charge >= 0.3 is 5.63 Å². The Hall–Kier alpha value is -3.06. The van der Waals surface area contributed by atoms with Crippen LogP contribution in [0.4, 0.5) is 0 Å². The van der Waals surface area contributed by atoms with Crippen molar-refractivity contribution in [2.75, 3.05) is 0 Å². The molecular formula is C19H15NO3. The van der Waals surface area contributed by atoms with E-state index in [9.17, 15) is 9.90 Å². The molecule has 0 aliphatic carbocycles. The van der Waals surface area contributed by atoms with E-state index in [1.165, 1.54) is 0 Å². The predicted octanol–water partition coefficient (Wildman–Crippen LogP) is 3.91. The summed E-state index contributed by atoms with van der Waals surface area (Å²) in [4.78, 5) is 12.4. The van der Waals surface area contributed by atoms with Crippen LogP contribution in [0.2, 0.25) is 0 Å². The zero-order valence-electron chi connectivity index (χ0n) is 12.6. The number of fused-ring (bicyclic) bond motifs is 1. The highest BCUT2D eigenvalue weighted by Crippen LogP contribution is 2.35. The van der Waals surface area contributed by atoms with Gasteiger partial charge in [-0.25, -0.2) is 4.79 Å². The lowest BCUT2D eigenvalue weighted by atomic mass is 9.88. The topological polar surface area (TPSA) is 74.2 Å². The van der Waals surface area contributed by atoms with E-state index in [0.717, 1.165) is 5.56 Å². The molecule has 4 heteroatoms. The third-order valence-electron chi connectivity index (χ3n) is 3.99. The summed E-state index contributed by atoms with van der Waals surface area (Å²) >= 11 is 0. The summed E-state index contributed by atoms with van der Waals surface area (Å²) in [5.41, 5.74) is 1.38. The molecule has 1 heterocycles. The molecule has 23 heavy (non-hydrogen) atoms. The molecule has 114 valence electrons. The van der Waals surface area contributed by atoms with Crippen molar-refractivity contribution in [3.8, 4) is 11.8 Å². The number of hydrogen-bond donors (Lipinski definition) is 1. The Morgan fingerprint density at radius 1 is 1.22 bits per heavy atom. The summed E-state index contributed by atoms with van der Waals surface area (Å²) in [6.45, 7) is 1.93. The standard InChI is InChI=1S/C19H15NO3/c1-2-14(13-7-5-6-12(10-13)11-20)17-18(21)15-8-3-4-9-16(15)23-19(17)22/h3-10,14,21H,2H2,1H3. The molecule has 3 aromatic rings. The molecule has 1 atom stereocenters. The van der Waals surface area contributed by atoms with Gasteiger partial charge in [0.05, 0.1) is 22.6 Å². The predicted molar refractivity (Wildman–Crippen MR) is 87.4 cm³/mol. The molecule has 0 aliphatic rings. The normalized spacial score (nSPS) is 12.0. The highest BCUT2D eigenvalue weighted by atomic mass is 16.4. The number of rotatable bonds is 3. The number of benzene rings is 2. The Balaban J connectivity index is 2.24. The van der Waals surface area contributed by atoms with Crippen molar-refractivity contribution in [3.63, 3.8) is 0 Å². The molecule has 0 radical (unpaired) electrons. The van der Waals surface area contributed by atoms with E-state index < -0.39 is 5.63 Å². The lowest BCUT2D eigenvalue weighted by molar-refractivity contribution is 0.450. The first-order valence-electron chi connectivity index (χ1n) is 7.40. The van der Waals surface area contributed by atoms with Crippen molar-refractivity contribution in [1.82, 2.24) is 0 Å². The number of nitriles is 1. The molecule has 0 amide bonds. The zero-order chi connectivity index (χ0) is 16.4. The molecule has 3 rings (SSSR count). The zero-order valence-corrected chi connectivity index (χ0v) is 12.6. The first-order valence-corrected chi connectivity index (χ1v) is 7.40. The summed E-state index contributed by atoms with van der Waals surface area (Å²) in [6, 6.07) is 16.1. The van der Waals surface area contributed by atoms with Gasteiger partial charge in [-0.3, -0.25) is 0 Å². The van der Waals surface area contributed by atoms with Crippen LogP contribution in [0.25, 0.3) is 11.0 Å². The summed E-state index contributed by atoms with van der Waals surface area (Å²) in [5, 5.41) is 20.2. The fourth-order valence-corrected chi connectivity index (χ4v) is 2.89. The van der Waals surface area contributed by atoms with Crippen LogP contribution in [0.3, 0.4) is 0 Å². The van der Waals surface area contributed by atoms with Gasteiger partial charge in [0, 0.05) is 5.92 Å². The minimum atomic E-state index is -0.546. The Labute approximate surface area is 133 Å². The Morgan fingerprint density at radius 3 is 2.74 bits per heavy atom. The molecule has 0 fully saturated rings. The van der Waals surface area contributed by atoms with E-state index in [-0.39, 0.29) is 17.2 Å². The molecule has 0 aliphatic heterocycles. The fourth-order valence-electron chi connectivity index (χ4n) is 2.89. The van der Waals surface area contributed by atoms with Crippen molar-refractivity contribution in [1.29, 1.82) is 5.26 Å². The lowest BCUT2D eigenvalue weighted by Gasteiger charge is -2.17. The highest BCUT2D eigenvalue weighted by Gasteiger charge is 2.23. The van der Waals surface area contributed by atoms with Gasteiger partial charge in [0.15, 0.2) is 0 Å². The summed E-state index contributed by atoms with van der Waals surface area (Å²) in [6.07, 6.45) is 0.603. The molecule has 0 saturated carbocycles. The number of nitrogens with zero attached hydrogens (tertiary/aromatic N) is 1. The number of para-hydroxylation sites is 1. The maximum Gasteiger partial charge on any atom is 0.343 e.